The van der Waals surface area contributed by atoms with Crippen molar-refractivity contribution in [1.29, 1.82) is 0 Å². The van der Waals surface area contributed by atoms with Crippen molar-refractivity contribution in [2.24, 2.45) is 5.92 Å². The van der Waals surface area contributed by atoms with Gasteiger partial charge in [-0.2, -0.15) is 9.97 Å². The molecule has 0 bridgehead atoms. The maximum atomic E-state index is 12.6. The molecule has 1 aromatic rings. The van der Waals surface area contributed by atoms with E-state index in [2.05, 4.69) is 28.7 Å². The van der Waals surface area contributed by atoms with E-state index >= 15 is 0 Å². The molecule has 0 aromatic carbocycles. The van der Waals surface area contributed by atoms with Gasteiger partial charge in [-0.1, -0.05) is 26.7 Å². The van der Waals surface area contributed by atoms with Crippen LogP contribution in [0, 0.1) is 5.92 Å². The first kappa shape index (κ1) is 20.8. The zero-order valence-corrected chi connectivity index (χ0v) is 17.5. The molecular weight excluding hydrogens is 354 g/mol. The monoisotopic (exact) mass is 389 g/mol. The van der Waals surface area contributed by atoms with Crippen LogP contribution in [-0.2, 0) is 11.2 Å². The van der Waals surface area contributed by atoms with Gasteiger partial charge < -0.3 is 15.4 Å². The van der Waals surface area contributed by atoms with E-state index in [4.69, 9.17) is 10.5 Å². The van der Waals surface area contributed by atoms with Gasteiger partial charge in [0, 0.05) is 18.7 Å². The number of aromatic nitrogens is 2. The van der Waals surface area contributed by atoms with Crippen LogP contribution in [0.3, 0.4) is 0 Å². The fraction of sp³-hybridized carbons (Fsp3) is 0.762. The van der Waals surface area contributed by atoms with E-state index in [1.807, 2.05) is 0 Å². The minimum absolute atomic E-state index is 0.0698. The molecule has 1 atom stereocenters. The SMILES string of the molecule is CCCCOc1nc(N)c2c(n1)N(CCC1CCCN(CCCC)C1)C(=O)C2. The topological polar surface area (TPSA) is 84.6 Å². The normalized spacial score (nSPS) is 19.9. The highest BCUT2D eigenvalue weighted by Crippen LogP contribution is 2.33. The number of unbranched alkanes of at least 4 members (excludes halogenated alkanes) is 2. The molecule has 1 unspecified atom stereocenters. The number of likely N-dealkylation sites (tertiary alicyclic amines) is 1. The molecule has 1 amide bonds. The second-order valence-corrected chi connectivity index (χ2v) is 8.07. The average Bonchev–Trinajstić information content (AvgIpc) is 3.01. The standard InChI is InChI=1S/C21H35N5O2/c1-3-5-10-25-11-7-8-16(15-25)9-12-26-18(27)14-17-19(22)23-21(24-20(17)26)28-13-6-4-2/h16H,3-15H2,1-2H3,(H2,22,23,24). The first-order valence-electron chi connectivity index (χ1n) is 10.9. The molecule has 2 N–H and O–H groups in total. The summed E-state index contributed by atoms with van der Waals surface area (Å²) in [5.41, 5.74) is 6.84. The minimum Gasteiger partial charge on any atom is -0.463 e. The highest BCUT2D eigenvalue weighted by Gasteiger charge is 2.33. The highest BCUT2D eigenvalue weighted by molar-refractivity contribution is 6.01. The predicted octanol–water partition coefficient (Wildman–Crippen LogP) is 3.03. The first-order valence-corrected chi connectivity index (χ1v) is 10.9. The zero-order valence-electron chi connectivity index (χ0n) is 17.5. The van der Waals surface area contributed by atoms with E-state index in [1.54, 1.807) is 4.90 Å². The summed E-state index contributed by atoms with van der Waals surface area (Å²) in [5.74, 6) is 1.74. The van der Waals surface area contributed by atoms with Gasteiger partial charge in [-0.3, -0.25) is 9.69 Å². The Morgan fingerprint density at radius 1 is 1.18 bits per heavy atom. The molecule has 156 valence electrons. The van der Waals surface area contributed by atoms with Gasteiger partial charge in [-0.15, -0.1) is 0 Å². The Morgan fingerprint density at radius 2 is 2.00 bits per heavy atom. The molecule has 2 aliphatic heterocycles. The molecule has 0 saturated carbocycles. The van der Waals surface area contributed by atoms with Crippen molar-refractivity contribution in [2.75, 3.05) is 43.4 Å². The number of nitrogen functional groups attached to an aromatic ring is 1. The lowest BCUT2D eigenvalue weighted by molar-refractivity contribution is -0.117. The predicted molar refractivity (Wildman–Crippen MR) is 112 cm³/mol. The summed E-state index contributed by atoms with van der Waals surface area (Å²) in [7, 11) is 0. The van der Waals surface area contributed by atoms with Gasteiger partial charge in [0.2, 0.25) is 5.91 Å². The van der Waals surface area contributed by atoms with Gasteiger partial charge >= 0.3 is 6.01 Å². The van der Waals surface area contributed by atoms with Crippen LogP contribution >= 0.6 is 0 Å². The molecule has 2 aliphatic rings. The van der Waals surface area contributed by atoms with Crippen LogP contribution in [0.2, 0.25) is 0 Å². The smallest absolute Gasteiger partial charge is 0.320 e. The van der Waals surface area contributed by atoms with Gasteiger partial charge in [0.05, 0.1) is 13.0 Å². The highest BCUT2D eigenvalue weighted by atomic mass is 16.5. The molecule has 0 spiro atoms. The number of amides is 1. The number of nitrogens with two attached hydrogens (primary N) is 1. The maximum Gasteiger partial charge on any atom is 0.320 e. The number of piperidine rings is 1. The number of hydrogen-bond donors (Lipinski definition) is 1. The Balaban J connectivity index is 1.61. The molecule has 28 heavy (non-hydrogen) atoms. The lowest BCUT2D eigenvalue weighted by Crippen LogP contribution is -2.38. The number of carbonyl (C=O) groups excluding carboxylic acids is 1. The largest absolute Gasteiger partial charge is 0.463 e. The first-order chi connectivity index (χ1) is 13.6. The number of nitrogens with zero attached hydrogens (tertiary/aromatic N) is 4. The summed E-state index contributed by atoms with van der Waals surface area (Å²) >= 11 is 0. The molecule has 1 saturated heterocycles. The van der Waals surface area contributed by atoms with Gasteiger partial charge in [-0.05, 0) is 51.1 Å². The summed E-state index contributed by atoms with van der Waals surface area (Å²) in [6.07, 6.45) is 8.29. The Hall–Kier alpha value is -1.89. The molecule has 1 aromatic heterocycles. The Morgan fingerprint density at radius 3 is 2.79 bits per heavy atom. The number of hydrogen-bond acceptors (Lipinski definition) is 6. The Kier molecular flexibility index (Phi) is 7.48. The van der Waals surface area contributed by atoms with Crippen LogP contribution in [0.4, 0.5) is 11.6 Å². The van der Waals surface area contributed by atoms with Gasteiger partial charge in [0.25, 0.3) is 0 Å². The Labute approximate surface area is 168 Å². The van der Waals surface area contributed by atoms with Crippen molar-refractivity contribution in [1.82, 2.24) is 14.9 Å². The van der Waals surface area contributed by atoms with Crippen molar-refractivity contribution >= 4 is 17.5 Å². The van der Waals surface area contributed by atoms with Crippen molar-refractivity contribution in [2.45, 2.75) is 65.2 Å². The van der Waals surface area contributed by atoms with Crippen LogP contribution in [0.15, 0.2) is 0 Å². The van der Waals surface area contributed by atoms with Crippen molar-refractivity contribution in [3.05, 3.63) is 5.56 Å². The third kappa shape index (κ3) is 5.13. The van der Waals surface area contributed by atoms with Crippen molar-refractivity contribution in [3.8, 4) is 6.01 Å². The quantitative estimate of drug-likeness (QED) is 0.619. The molecule has 3 rings (SSSR count). The third-order valence-electron chi connectivity index (χ3n) is 5.80. The molecule has 3 heterocycles. The third-order valence-corrected chi connectivity index (χ3v) is 5.80. The van der Waals surface area contributed by atoms with Crippen LogP contribution in [0.5, 0.6) is 6.01 Å². The van der Waals surface area contributed by atoms with Crippen LogP contribution < -0.4 is 15.4 Å². The summed E-state index contributed by atoms with van der Waals surface area (Å²) in [4.78, 5) is 25.7. The van der Waals surface area contributed by atoms with E-state index in [0.29, 0.717) is 37.1 Å². The Bertz CT molecular complexity index is 666. The van der Waals surface area contributed by atoms with E-state index in [9.17, 15) is 4.79 Å². The summed E-state index contributed by atoms with van der Waals surface area (Å²) in [6, 6.07) is 0.285. The number of anilines is 2. The number of carbonyl (C=O) groups is 1. The van der Waals surface area contributed by atoms with Crippen molar-refractivity contribution in [3.63, 3.8) is 0 Å². The number of ether oxygens (including phenoxy) is 1. The molecule has 7 heteroatoms. The molecule has 1 fully saturated rings. The number of fused-ring (bicyclic) bond motifs is 1. The fourth-order valence-corrected chi connectivity index (χ4v) is 4.11. The molecule has 7 nitrogen and oxygen atoms in total. The summed E-state index contributed by atoms with van der Waals surface area (Å²) in [6.45, 7) is 9.17. The summed E-state index contributed by atoms with van der Waals surface area (Å²) in [5, 5.41) is 0. The lowest BCUT2D eigenvalue weighted by atomic mass is 9.94. The van der Waals surface area contributed by atoms with Crippen LogP contribution in [-0.4, -0.2) is 53.6 Å². The minimum atomic E-state index is 0.0698. The summed E-state index contributed by atoms with van der Waals surface area (Å²) < 4.78 is 5.64. The van der Waals surface area contributed by atoms with E-state index in [1.165, 1.54) is 38.8 Å². The molecule has 0 aliphatic carbocycles. The van der Waals surface area contributed by atoms with E-state index in [-0.39, 0.29) is 11.9 Å². The average molecular weight is 390 g/mol. The van der Waals surface area contributed by atoms with Crippen molar-refractivity contribution < 1.29 is 9.53 Å². The zero-order chi connectivity index (χ0) is 19.9. The number of rotatable bonds is 10. The second kappa shape index (κ2) is 10.0. The van der Waals surface area contributed by atoms with E-state index < -0.39 is 0 Å². The van der Waals surface area contributed by atoms with Crippen LogP contribution in [0.25, 0.3) is 0 Å². The molecule has 0 radical (unpaired) electrons. The van der Waals surface area contributed by atoms with E-state index in [0.717, 1.165) is 31.4 Å². The van der Waals surface area contributed by atoms with Crippen LogP contribution in [0.1, 0.15) is 64.4 Å². The fourth-order valence-electron chi connectivity index (χ4n) is 4.11. The van der Waals surface area contributed by atoms with Gasteiger partial charge in [0.1, 0.15) is 11.6 Å². The van der Waals surface area contributed by atoms with Gasteiger partial charge in [0.15, 0.2) is 0 Å². The van der Waals surface area contributed by atoms with Gasteiger partial charge in [-0.25, -0.2) is 0 Å². The second-order valence-electron chi connectivity index (χ2n) is 8.07. The maximum absolute atomic E-state index is 12.6. The molecular formula is C21H35N5O2. The lowest BCUT2D eigenvalue weighted by Gasteiger charge is -2.33.